The van der Waals surface area contributed by atoms with Crippen molar-refractivity contribution in [2.24, 2.45) is 0 Å². The summed E-state index contributed by atoms with van der Waals surface area (Å²) in [4.78, 5) is 45.9. The lowest BCUT2D eigenvalue weighted by atomic mass is 10.1. The highest BCUT2D eigenvalue weighted by molar-refractivity contribution is 5.81. The zero-order valence-corrected chi connectivity index (χ0v) is 18.0. The number of aliphatic hydroxyl groups is 3. The number of rotatable bonds is 8. The van der Waals surface area contributed by atoms with Crippen molar-refractivity contribution >= 4 is 17.0 Å². The molecule has 172 valence electrons. The maximum atomic E-state index is 12.3. The van der Waals surface area contributed by atoms with Crippen LogP contribution in [-0.2, 0) is 16.1 Å². The Balaban J connectivity index is 1.99. The lowest BCUT2D eigenvalue weighted by molar-refractivity contribution is -0.151. The van der Waals surface area contributed by atoms with Crippen molar-refractivity contribution in [2.45, 2.75) is 58.5 Å². The van der Waals surface area contributed by atoms with Gasteiger partial charge in [-0.1, -0.05) is 6.92 Å². The Hall–Kier alpha value is -3.15. The number of aryl methyl sites for hydroxylation is 2. The number of benzene rings is 1. The number of carbonyl (C=O) groups is 1. The smallest absolute Gasteiger partial charge is 0.349 e. The van der Waals surface area contributed by atoms with Crippen LogP contribution in [0.15, 0.2) is 21.7 Å². The van der Waals surface area contributed by atoms with Crippen LogP contribution >= 0.6 is 0 Å². The summed E-state index contributed by atoms with van der Waals surface area (Å²) in [5.41, 5.74) is 1.03. The molecular formula is C21H26N4O7. The molecule has 11 nitrogen and oxygen atoms in total. The molecular weight excluding hydrogens is 420 g/mol. The van der Waals surface area contributed by atoms with Crippen LogP contribution in [-0.4, -0.2) is 65.7 Å². The number of aromatic amines is 1. The number of nitrogens with one attached hydrogen (secondary N) is 1. The number of H-pyrrole nitrogens is 1. The van der Waals surface area contributed by atoms with Gasteiger partial charge in [-0.15, -0.1) is 0 Å². The van der Waals surface area contributed by atoms with Crippen LogP contribution in [0.4, 0.5) is 0 Å². The Bertz CT molecular complexity index is 1220. The number of aromatic nitrogens is 4. The average molecular weight is 446 g/mol. The number of ether oxygens (including phenoxy) is 1. The van der Waals surface area contributed by atoms with Crippen LogP contribution in [0, 0.1) is 13.8 Å². The molecule has 2 aliphatic heterocycles. The number of carbonyl (C=O) groups excluding carboxylic acids is 1. The van der Waals surface area contributed by atoms with Gasteiger partial charge in [0.25, 0.3) is 5.56 Å². The summed E-state index contributed by atoms with van der Waals surface area (Å²) in [6, 6.07) is 3.53. The quantitative estimate of drug-likeness (QED) is 0.266. The van der Waals surface area contributed by atoms with E-state index in [0.29, 0.717) is 17.5 Å². The zero-order valence-electron chi connectivity index (χ0n) is 18.0. The molecule has 0 radical (unpaired) electrons. The van der Waals surface area contributed by atoms with Gasteiger partial charge in [-0.05, 0) is 43.5 Å². The first-order chi connectivity index (χ1) is 15.1. The van der Waals surface area contributed by atoms with Gasteiger partial charge in [-0.25, -0.2) is 9.78 Å². The number of fused-ring (bicyclic) bond motifs is 2. The van der Waals surface area contributed by atoms with Crippen LogP contribution in [0.1, 0.15) is 30.9 Å². The van der Waals surface area contributed by atoms with Gasteiger partial charge in [-0.3, -0.25) is 14.6 Å². The van der Waals surface area contributed by atoms with Gasteiger partial charge in [0.15, 0.2) is 11.5 Å². The van der Waals surface area contributed by atoms with E-state index in [1.165, 1.54) is 4.57 Å². The molecule has 0 saturated heterocycles. The summed E-state index contributed by atoms with van der Waals surface area (Å²) in [6.45, 7) is 4.75. The van der Waals surface area contributed by atoms with E-state index in [1.807, 2.05) is 13.8 Å². The zero-order chi connectivity index (χ0) is 23.6. The monoisotopic (exact) mass is 446 g/mol. The molecule has 0 fully saturated rings. The lowest BCUT2D eigenvalue weighted by Crippen LogP contribution is -2.43. The third kappa shape index (κ3) is 4.85. The summed E-state index contributed by atoms with van der Waals surface area (Å²) in [6.07, 6.45) is -4.00. The molecule has 3 rings (SSSR count). The summed E-state index contributed by atoms with van der Waals surface area (Å²) in [5.74, 6) is -0.587. The Morgan fingerprint density at radius 2 is 1.81 bits per heavy atom. The van der Waals surface area contributed by atoms with Crippen molar-refractivity contribution in [2.75, 3.05) is 6.61 Å². The fraction of sp³-hybridized carbons (Fsp3) is 0.476. The molecule has 0 saturated carbocycles. The first-order valence-electron chi connectivity index (χ1n) is 10.2. The lowest BCUT2D eigenvalue weighted by Gasteiger charge is -2.25. The molecule has 1 aromatic rings. The first kappa shape index (κ1) is 23.5. The third-order valence-electron chi connectivity index (χ3n) is 5.25. The van der Waals surface area contributed by atoms with Gasteiger partial charge in [0.1, 0.15) is 24.9 Å². The highest BCUT2D eigenvalue weighted by atomic mass is 16.5. The Kier molecular flexibility index (Phi) is 7.02. The van der Waals surface area contributed by atoms with Gasteiger partial charge in [-0.2, -0.15) is 4.98 Å². The molecule has 32 heavy (non-hydrogen) atoms. The van der Waals surface area contributed by atoms with Crippen molar-refractivity contribution in [3.63, 3.8) is 0 Å². The SMILES string of the molecule is CCCC(=O)OC[C@@H](O)[C@@H](O)[C@@H](O)Cn1c2nc(=O)[nH]c(=O)c-2nc2cc(C)c(C)cc21. The van der Waals surface area contributed by atoms with E-state index >= 15 is 0 Å². The summed E-state index contributed by atoms with van der Waals surface area (Å²) in [7, 11) is 0. The van der Waals surface area contributed by atoms with Gasteiger partial charge in [0, 0.05) is 6.42 Å². The molecule has 0 unspecified atom stereocenters. The molecule has 11 heteroatoms. The van der Waals surface area contributed by atoms with E-state index in [9.17, 15) is 29.7 Å². The molecule has 0 aliphatic carbocycles. The van der Waals surface area contributed by atoms with E-state index in [-0.39, 0.29) is 24.5 Å². The van der Waals surface area contributed by atoms with Crippen molar-refractivity contribution in [1.29, 1.82) is 0 Å². The maximum Gasteiger partial charge on any atom is 0.349 e. The molecule has 2 heterocycles. The second kappa shape index (κ2) is 9.55. The molecule has 0 spiro atoms. The number of aliphatic hydroxyl groups excluding tert-OH is 3. The Morgan fingerprint density at radius 1 is 1.12 bits per heavy atom. The van der Waals surface area contributed by atoms with Crippen molar-refractivity contribution in [3.8, 4) is 11.5 Å². The first-order valence-corrected chi connectivity index (χ1v) is 10.2. The van der Waals surface area contributed by atoms with E-state index in [0.717, 1.165) is 11.1 Å². The molecule has 3 atom stereocenters. The van der Waals surface area contributed by atoms with Gasteiger partial charge in [0.05, 0.1) is 17.6 Å². The highest BCUT2D eigenvalue weighted by Gasteiger charge is 2.28. The summed E-state index contributed by atoms with van der Waals surface area (Å²) >= 11 is 0. The van der Waals surface area contributed by atoms with E-state index in [1.54, 1.807) is 19.1 Å². The van der Waals surface area contributed by atoms with Crippen molar-refractivity contribution < 1.29 is 24.9 Å². The van der Waals surface area contributed by atoms with Gasteiger partial charge < -0.3 is 24.6 Å². The fourth-order valence-corrected chi connectivity index (χ4v) is 3.34. The van der Waals surface area contributed by atoms with Crippen LogP contribution in [0.2, 0.25) is 0 Å². The predicted molar refractivity (Wildman–Crippen MR) is 114 cm³/mol. The van der Waals surface area contributed by atoms with Crippen LogP contribution in [0.3, 0.4) is 0 Å². The topological polar surface area (TPSA) is 168 Å². The second-order valence-corrected chi connectivity index (χ2v) is 7.75. The third-order valence-corrected chi connectivity index (χ3v) is 5.25. The van der Waals surface area contributed by atoms with E-state index in [4.69, 9.17) is 4.74 Å². The van der Waals surface area contributed by atoms with Gasteiger partial charge >= 0.3 is 11.7 Å². The summed E-state index contributed by atoms with van der Waals surface area (Å²) in [5, 5.41) is 31.1. The van der Waals surface area contributed by atoms with Gasteiger partial charge in [0.2, 0.25) is 0 Å². The number of esters is 1. The predicted octanol–water partition coefficient (Wildman–Crippen LogP) is -0.373. The largest absolute Gasteiger partial charge is 0.463 e. The highest BCUT2D eigenvalue weighted by Crippen LogP contribution is 2.24. The Morgan fingerprint density at radius 3 is 2.50 bits per heavy atom. The van der Waals surface area contributed by atoms with Crippen molar-refractivity contribution in [1.82, 2.24) is 19.5 Å². The summed E-state index contributed by atoms with van der Waals surface area (Å²) < 4.78 is 6.30. The minimum atomic E-state index is -1.67. The average Bonchev–Trinajstić information content (AvgIpc) is 2.73. The molecule has 0 amide bonds. The van der Waals surface area contributed by atoms with Crippen LogP contribution in [0.5, 0.6) is 0 Å². The molecule has 0 bridgehead atoms. The molecule has 2 aliphatic rings. The van der Waals surface area contributed by atoms with Crippen molar-refractivity contribution in [3.05, 3.63) is 44.1 Å². The number of nitrogens with zero attached hydrogens (tertiary/aromatic N) is 3. The minimum Gasteiger partial charge on any atom is -0.463 e. The van der Waals surface area contributed by atoms with E-state index < -0.39 is 42.1 Å². The van der Waals surface area contributed by atoms with Crippen LogP contribution < -0.4 is 11.2 Å². The molecule has 1 aromatic carbocycles. The number of hydrogen-bond donors (Lipinski definition) is 4. The van der Waals surface area contributed by atoms with Crippen LogP contribution in [0.25, 0.3) is 22.6 Å². The normalized spacial score (nSPS) is 14.4. The molecule has 4 N–H and O–H groups in total. The molecule has 0 aromatic heterocycles. The number of hydrogen-bond acceptors (Lipinski definition) is 9. The maximum absolute atomic E-state index is 12.3. The fourth-order valence-electron chi connectivity index (χ4n) is 3.34. The Labute approximate surface area is 182 Å². The standard InChI is InChI=1S/C21H26N4O7/c1-4-5-16(28)32-9-15(27)18(29)14(26)8-25-13-7-11(3)10(2)6-12(13)22-17-19(25)23-21(31)24-20(17)30/h6-7,14-15,18,26-27,29H,4-5,8-9H2,1-3H3,(H,24,30,31)/t14-,15+,18-/m0/s1. The minimum absolute atomic E-state index is 0.0652. The second-order valence-electron chi connectivity index (χ2n) is 7.75. The van der Waals surface area contributed by atoms with E-state index in [2.05, 4.69) is 15.0 Å².